The van der Waals surface area contributed by atoms with E-state index in [1.807, 2.05) is 20.8 Å². The van der Waals surface area contributed by atoms with Crippen molar-refractivity contribution in [3.63, 3.8) is 0 Å². The first-order chi connectivity index (χ1) is 26.3. The summed E-state index contributed by atoms with van der Waals surface area (Å²) >= 11 is 0. The van der Waals surface area contributed by atoms with Crippen molar-refractivity contribution in [1.82, 2.24) is 9.55 Å². The van der Waals surface area contributed by atoms with E-state index in [0.717, 1.165) is 35.8 Å². The lowest BCUT2D eigenvalue weighted by atomic mass is 9.58. The number of aryl methyl sites for hydroxylation is 1. The Kier molecular flexibility index (Phi) is 8.56. The fourth-order valence-electron chi connectivity index (χ4n) is 10.2. The van der Waals surface area contributed by atoms with E-state index in [0.29, 0.717) is 41.4 Å². The highest BCUT2D eigenvalue weighted by Crippen LogP contribution is 2.60. The van der Waals surface area contributed by atoms with Crippen molar-refractivity contribution in [2.75, 3.05) is 0 Å². The third kappa shape index (κ3) is 5.42. The smallest absolute Gasteiger partial charge is 0.343 e. The second kappa shape index (κ2) is 12.9. The SMILES string of the molecule is CCc1c2c(nc3ccc(OC(=O)CCC(=O)O[C@@H]4O[C@@H]5O[C@]6(C)CC[C@H]7[C@H](C)CC[C@@H]([C@H]4C)[C@@]57OO6)cc13)-c1cc3c(c(=O)n1C2)COC(=O)[C@]3(O)CC. The summed E-state index contributed by atoms with van der Waals surface area (Å²) in [4.78, 5) is 69.4. The van der Waals surface area contributed by atoms with Crippen LogP contribution in [0.3, 0.4) is 0 Å². The van der Waals surface area contributed by atoms with E-state index in [1.54, 1.807) is 35.8 Å². The molecule has 14 heteroatoms. The van der Waals surface area contributed by atoms with Gasteiger partial charge in [0.15, 0.2) is 17.5 Å². The van der Waals surface area contributed by atoms with Gasteiger partial charge in [-0.1, -0.05) is 27.7 Å². The molecule has 0 amide bonds. The Morgan fingerprint density at radius 1 is 1.02 bits per heavy atom. The van der Waals surface area contributed by atoms with Gasteiger partial charge in [0, 0.05) is 34.8 Å². The summed E-state index contributed by atoms with van der Waals surface area (Å²) < 4.78 is 31.1. The van der Waals surface area contributed by atoms with Crippen LogP contribution in [-0.4, -0.2) is 56.5 Å². The van der Waals surface area contributed by atoms with Gasteiger partial charge >= 0.3 is 17.9 Å². The number of pyridine rings is 2. The maximum absolute atomic E-state index is 13.7. The summed E-state index contributed by atoms with van der Waals surface area (Å²) in [6, 6.07) is 6.81. The van der Waals surface area contributed by atoms with Crippen molar-refractivity contribution in [2.24, 2.45) is 23.7 Å². The molecule has 292 valence electrons. The van der Waals surface area contributed by atoms with Crippen molar-refractivity contribution >= 4 is 28.8 Å². The molecule has 14 nitrogen and oxygen atoms in total. The number of esters is 3. The molecule has 1 N–H and O–H groups in total. The van der Waals surface area contributed by atoms with Gasteiger partial charge in [0.1, 0.15) is 12.4 Å². The molecule has 0 radical (unpaired) electrons. The molecular weight excluding hydrogens is 712 g/mol. The van der Waals surface area contributed by atoms with Gasteiger partial charge in [-0.25, -0.2) is 19.6 Å². The van der Waals surface area contributed by atoms with Crippen LogP contribution in [0.4, 0.5) is 0 Å². The van der Waals surface area contributed by atoms with E-state index in [1.165, 1.54) is 0 Å². The van der Waals surface area contributed by atoms with Crippen LogP contribution >= 0.6 is 0 Å². The molecule has 1 spiro atoms. The molecule has 1 saturated carbocycles. The van der Waals surface area contributed by atoms with Gasteiger partial charge in [0.25, 0.3) is 5.56 Å². The number of hydrogen-bond acceptors (Lipinski definition) is 13. The third-order valence-electron chi connectivity index (χ3n) is 13.2. The molecule has 1 aromatic carbocycles. The van der Waals surface area contributed by atoms with Crippen molar-refractivity contribution in [3.8, 4) is 17.1 Å². The normalized spacial score (nSPS) is 34.2. The zero-order chi connectivity index (χ0) is 38.6. The van der Waals surface area contributed by atoms with Gasteiger partial charge in [-0.05, 0) is 80.7 Å². The number of hydrogen-bond donors (Lipinski definition) is 1. The van der Waals surface area contributed by atoms with Crippen LogP contribution < -0.4 is 10.3 Å². The molecule has 7 aliphatic rings. The second-order valence-electron chi connectivity index (χ2n) is 16.3. The first-order valence-electron chi connectivity index (χ1n) is 19.5. The fraction of sp³-hybridized carbons (Fsp3) is 0.585. The highest BCUT2D eigenvalue weighted by molar-refractivity contribution is 5.90. The Morgan fingerprint density at radius 3 is 2.60 bits per heavy atom. The molecule has 3 aromatic rings. The molecule has 10 rings (SSSR count). The molecule has 6 aliphatic heterocycles. The Bertz CT molecular complexity index is 2200. The Morgan fingerprint density at radius 2 is 1.82 bits per heavy atom. The lowest BCUT2D eigenvalue weighted by Gasteiger charge is -2.59. The lowest BCUT2D eigenvalue weighted by molar-refractivity contribution is -0.576. The quantitative estimate of drug-likeness (QED) is 0.151. The molecule has 9 atom stereocenters. The molecule has 2 bridgehead atoms. The summed E-state index contributed by atoms with van der Waals surface area (Å²) in [5, 5.41) is 12.0. The summed E-state index contributed by atoms with van der Waals surface area (Å²) in [6.45, 7) is 9.79. The zero-order valence-corrected chi connectivity index (χ0v) is 31.7. The predicted molar refractivity (Wildman–Crippen MR) is 192 cm³/mol. The number of carbonyl (C=O) groups excluding carboxylic acids is 3. The van der Waals surface area contributed by atoms with Crippen LogP contribution in [0.25, 0.3) is 22.3 Å². The van der Waals surface area contributed by atoms with Gasteiger partial charge in [0.05, 0.1) is 41.9 Å². The Balaban J connectivity index is 0.892. The van der Waals surface area contributed by atoms with Gasteiger partial charge in [-0.15, -0.1) is 0 Å². The first kappa shape index (κ1) is 36.4. The average Bonchev–Trinajstić information content (AvgIpc) is 3.38. The zero-order valence-electron chi connectivity index (χ0n) is 31.7. The number of nitrogens with zero attached hydrogens (tertiary/aromatic N) is 2. The van der Waals surface area contributed by atoms with Crippen molar-refractivity contribution in [1.29, 1.82) is 0 Å². The minimum absolute atomic E-state index is 0.00344. The van der Waals surface area contributed by atoms with Crippen LogP contribution in [0.2, 0.25) is 0 Å². The minimum Gasteiger partial charge on any atom is -0.458 e. The minimum atomic E-state index is -1.92. The highest BCUT2D eigenvalue weighted by atomic mass is 17.3. The molecule has 2 aromatic heterocycles. The number of rotatable bonds is 7. The van der Waals surface area contributed by atoms with Crippen molar-refractivity contribution in [3.05, 3.63) is 56.9 Å². The standard InChI is InChI=1S/C41H46N2O12/c1-6-23-24-16-22(9-11-30(24)42-34-25(23)18-43-31(34)17-29-26(35(43)46)19-49-37(47)40(29,48)7-2)50-32(44)12-13-33(45)51-36-21(4)28-10-8-20(3)27-14-15-39(5)53-38(52-36)41(27,28)55-54-39/h9,11,16-17,20-21,27-28,36,38,48H,6-8,10,12-15,18-19H2,1-5H3/t20-,21-,27+,28+,36-,38-,39+,40+,41-/m1/s1. The van der Waals surface area contributed by atoms with E-state index < -0.39 is 47.5 Å². The number of cyclic esters (lactones) is 1. The van der Waals surface area contributed by atoms with E-state index in [9.17, 15) is 24.3 Å². The monoisotopic (exact) mass is 758 g/mol. The van der Waals surface area contributed by atoms with Gasteiger partial charge in [0.2, 0.25) is 12.1 Å². The van der Waals surface area contributed by atoms with E-state index in [-0.39, 0.29) is 66.9 Å². The molecule has 4 saturated heterocycles. The topological polar surface area (TPSA) is 171 Å². The first-order valence-corrected chi connectivity index (χ1v) is 19.5. The number of ether oxygens (including phenoxy) is 5. The summed E-state index contributed by atoms with van der Waals surface area (Å²) in [5.74, 6) is -2.21. The van der Waals surface area contributed by atoms with Gasteiger partial charge < -0.3 is 33.4 Å². The number of carbonyl (C=O) groups is 3. The van der Waals surface area contributed by atoms with Gasteiger partial charge in [-0.3, -0.25) is 14.4 Å². The van der Waals surface area contributed by atoms with Gasteiger partial charge in [-0.2, -0.15) is 0 Å². The van der Waals surface area contributed by atoms with Crippen molar-refractivity contribution in [2.45, 2.75) is 129 Å². The molecule has 0 unspecified atom stereocenters. The molecule has 1 aliphatic carbocycles. The van der Waals surface area contributed by atoms with Crippen LogP contribution in [0.15, 0.2) is 29.1 Å². The second-order valence-corrected chi connectivity index (χ2v) is 16.3. The van der Waals surface area contributed by atoms with E-state index in [4.69, 9.17) is 38.4 Å². The molecule has 5 fully saturated rings. The Labute approximate surface area is 317 Å². The highest BCUT2D eigenvalue weighted by Gasteiger charge is 2.69. The predicted octanol–water partition coefficient (Wildman–Crippen LogP) is 5.08. The molecular formula is C41H46N2O12. The van der Waals surface area contributed by atoms with Crippen LogP contribution in [0, 0.1) is 23.7 Å². The fourth-order valence-corrected chi connectivity index (χ4v) is 10.2. The summed E-state index contributed by atoms with van der Waals surface area (Å²) in [6.07, 6.45) is 2.08. The van der Waals surface area contributed by atoms with Crippen LogP contribution in [0.5, 0.6) is 5.75 Å². The maximum atomic E-state index is 13.7. The largest absolute Gasteiger partial charge is 0.458 e. The average molecular weight is 759 g/mol. The van der Waals surface area contributed by atoms with Crippen molar-refractivity contribution < 1.29 is 52.9 Å². The summed E-state index contributed by atoms with van der Waals surface area (Å²) in [5.41, 5.74) is 1.01. The van der Waals surface area contributed by atoms with E-state index in [2.05, 4.69) is 6.92 Å². The molecule has 8 heterocycles. The van der Waals surface area contributed by atoms with Crippen LogP contribution in [0.1, 0.15) is 102 Å². The lowest BCUT2D eigenvalue weighted by Crippen LogP contribution is -2.70. The molecule has 55 heavy (non-hydrogen) atoms. The Hall–Kier alpha value is -4.21. The number of benzene rings is 1. The number of aromatic nitrogens is 2. The summed E-state index contributed by atoms with van der Waals surface area (Å²) in [7, 11) is 0. The number of fused-ring (bicyclic) bond motifs is 7. The maximum Gasteiger partial charge on any atom is 0.343 e. The van der Waals surface area contributed by atoms with E-state index >= 15 is 0 Å². The van der Waals surface area contributed by atoms with Crippen LogP contribution in [-0.2, 0) is 68.3 Å². The third-order valence-corrected chi connectivity index (χ3v) is 13.2. The number of aliphatic hydroxyl groups is 1.